The van der Waals surface area contributed by atoms with Gasteiger partial charge in [-0.05, 0) is 30.9 Å². The van der Waals surface area contributed by atoms with Crippen LogP contribution < -0.4 is 0 Å². The molecule has 1 saturated carbocycles. The lowest BCUT2D eigenvalue weighted by atomic mass is 9.91. The molecule has 1 aliphatic carbocycles. The fraction of sp³-hybridized carbons (Fsp3) is 1.00. The Morgan fingerprint density at radius 2 is 2.14 bits per heavy atom. The maximum atomic E-state index is 13.3. The van der Waals surface area contributed by atoms with E-state index in [2.05, 4.69) is 0 Å². The number of hydrogen-bond acceptors (Lipinski definition) is 1. The van der Waals surface area contributed by atoms with Crippen molar-refractivity contribution in [2.75, 3.05) is 11.5 Å². The second-order valence-electron chi connectivity index (χ2n) is 4.40. The van der Waals surface area contributed by atoms with E-state index >= 15 is 0 Å². The van der Waals surface area contributed by atoms with Gasteiger partial charge in [0.25, 0.3) is 5.92 Å². The third-order valence-electron chi connectivity index (χ3n) is 3.37. The quantitative estimate of drug-likeness (QED) is 0.662. The van der Waals surface area contributed by atoms with Crippen molar-refractivity contribution in [1.29, 1.82) is 0 Å². The predicted molar refractivity (Wildman–Crippen MR) is 57.4 cm³/mol. The van der Waals surface area contributed by atoms with Gasteiger partial charge in [0.2, 0.25) is 0 Å². The molecule has 82 valence electrons. The summed E-state index contributed by atoms with van der Waals surface area (Å²) in [5, 5.41) is 0.122. The summed E-state index contributed by atoms with van der Waals surface area (Å²) in [6.07, 6.45) is 2.10. The van der Waals surface area contributed by atoms with Crippen LogP contribution >= 0.6 is 23.4 Å². The van der Waals surface area contributed by atoms with E-state index in [4.69, 9.17) is 11.6 Å². The first-order chi connectivity index (χ1) is 6.59. The molecular formula is C10H15ClF2S. The SMILES string of the molecule is FC1(F)CCCC1CC1CSCC1Cl. The van der Waals surface area contributed by atoms with E-state index in [-0.39, 0.29) is 11.8 Å². The molecule has 0 radical (unpaired) electrons. The Hall–Kier alpha value is 0.500. The Kier molecular flexibility index (Phi) is 3.27. The largest absolute Gasteiger partial charge is 0.250 e. The van der Waals surface area contributed by atoms with Gasteiger partial charge >= 0.3 is 0 Å². The lowest BCUT2D eigenvalue weighted by Crippen LogP contribution is -2.26. The Labute approximate surface area is 92.8 Å². The van der Waals surface area contributed by atoms with Gasteiger partial charge in [-0.2, -0.15) is 11.8 Å². The fourth-order valence-corrected chi connectivity index (χ4v) is 4.31. The van der Waals surface area contributed by atoms with Gasteiger partial charge in [-0.3, -0.25) is 0 Å². The van der Waals surface area contributed by atoms with Gasteiger partial charge in [-0.15, -0.1) is 11.6 Å². The van der Waals surface area contributed by atoms with Crippen molar-refractivity contribution in [3.8, 4) is 0 Å². The summed E-state index contributed by atoms with van der Waals surface area (Å²) in [5.41, 5.74) is 0. The summed E-state index contributed by atoms with van der Waals surface area (Å²) in [5.74, 6) is -0.585. The highest BCUT2D eigenvalue weighted by atomic mass is 35.5. The first-order valence-corrected chi connectivity index (χ1v) is 6.78. The molecule has 0 spiro atoms. The van der Waals surface area contributed by atoms with Crippen molar-refractivity contribution in [3.63, 3.8) is 0 Å². The molecule has 2 rings (SSSR count). The van der Waals surface area contributed by atoms with Crippen molar-refractivity contribution in [2.45, 2.75) is 37.0 Å². The molecule has 3 atom stereocenters. The average Bonchev–Trinajstić information content (AvgIpc) is 2.62. The second kappa shape index (κ2) is 4.17. The van der Waals surface area contributed by atoms with E-state index in [1.807, 2.05) is 0 Å². The van der Waals surface area contributed by atoms with Gasteiger partial charge in [0.15, 0.2) is 0 Å². The molecule has 2 aliphatic rings. The minimum Gasteiger partial charge on any atom is -0.207 e. The minimum atomic E-state index is -2.41. The first kappa shape index (κ1) is 11.0. The zero-order chi connectivity index (χ0) is 10.2. The zero-order valence-corrected chi connectivity index (χ0v) is 9.59. The van der Waals surface area contributed by atoms with Crippen LogP contribution in [0.5, 0.6) is 0 Å². The summed E-state index contributed by atoms with van der Waals surface area (Å²) >= 11 is 7.88. The van der Waals surface area contributed by atoms with Gasteiger partial charge in [0, 0.05) is 23.5 Å². The normalized spacial score (nSPS) is 41.8. The first-order valence-electron chi connectivity index (χ1n) is 5.19. The monoisotopic (exact) mass is 240 g/mol. The van der Waals surface area contributed by atoms with Crippen LogP contribution in [0.3, 0.4) is 0 Å². The highest BCUT2D eigenvalue weighted by Crippen LogP contribution is 2.46. The van der Waals surface area contributed by atoms with Crippen LogP contribution in [0, 0.1) is 11.8 Å². The van der Waals surface area contributed by atoms with Crippen LogP contribution in [0.2, 0.25) is 0 Å². The van der Waals surface area contributed by atoms with Crippen molar-refractivity contribution in [1.82, 2.24) is 0 Å². The molecule has 1 heterocycles. The molecule has 1 saturated heterocycles. The molecule has 2 fully saturated rings. The van der Waals surface area contributed by atoms with Gasteiger partial charge in [-0.1, -0.05) is 0 Å². The van der Waals surface area contributed by atoms with Crippen molar-refractivity contribution in [2.24, 2.45) is 11.8 Å². The van der Waals surface area contributed by atoms with Crippen LogP contribution in [0.1, 0.15) is 25.7 Å². The topological polar surface area (TPSA) is 0 Å². The molecule has 0 aromatic carbocycles. The molecular weight excluding hydrogens is 226 g/mol. The number of thioether (sulfide) groups is 1. The second-order valence-corrected chi connectivity index (χ2v) is 6.03. The van der Waals surface area contributed by atoms with Crippen LogP contribution in [0.4, 0.5) is 8.78 Å². The zero-order valence-electron chi connectivity index (χ0n) is 8.02. The van der Waals surface area contributed by atoms with Crippen molar-refractivity contribution >= 4 is 23.4 Å². The lowest BCUT2D eigenvalue weighted by Gasteiger charge is -2.23. The fourth-order valence-electron chi connectivity index (χ4n) is 2.44. The minimum absolute atomic E-state index is 0.0878. The van der Waals surface area contributed by atoms with Crippen LogP contribution in [0.15, 0.2) is 0 Å². The Balaban J connectivity index is 1.90. The maximum Gasteiger partial charge on any atom is 0.250 e. The predicted octanol–water partition coefficient (Wildman–Crippen LogP) is 3.78. The summed E-state index contributed by atoms with van der Waals surface area (Å²) in [7, 11) is 0. The van der Waals surface area contributed by atoms with Gasteiger partial charge in [-0.25, -0.2) is 8.78 Å². The van der Waals surface area contributed by atoms with E-state index < -0.39 is 11.8 Å². The molecule has 0 bridgehead atoms. The molecule has 0 amide bonds. The molecule has 4 heteroatoms. The Morgan fingerprint density at radius 3 is 2.64 bits per heavy atom. The number of rotatable bonds is 2. The summed E-state index contributed by atoms with van der Waals surface area (Å²) in [4.78, 5) is 0. The standard InChI is InChI=1S/C10H15ClF2S/c11-9-6-14-5-7(9)4-8-2-1-3-10(8,12)13/h7-9H,1-6H2. The van der Waals surface area contributed by atoms with E-state index in [0.29, 0.717) is 25.2 Å². The molecule has 0 N–H and O–H groups in total. The Morgan fingerprint density at radius 1 is 1.36 bits per heavy atom. The maximum absolute atomic E-state index is 13.3. The highest BCUT2D eigenvalue weighted by molar-refractivity contribution is 7.99. The highest BCUT2D eigenvalue weighted by Gasteiger charge is 2.45. The van der Waals surface area contributed by atoms with Crippen LogP contribution in [-0.2, 0) is 0 Å². The summed E-state index contributed by atoms with van der Waals surface area (Å²) in [6.45, 7) is 0. The van der Waals surface area contributed by atoms with Crippen molar-refractivity contribution < 1.29 is 8.78 Å². The molecule has 0 aromatic heterocycles. The van der Waals surface area contributed by atoms with Crippen LogP contribution in [0.25, 0.3) is 0 Å². The van der Waals surface area contributed by atoms with Crippen LogP contribution in [-0.4, -0.2) is 22.8 Å². The van der Waals surface area contributed by atoms with Crippen molar-refractivity contribution in [3.05, 3.63) is 0 Å². The van der Waals surface area contributed by atoms with E-state index in [1.54, 1.807) is 11.8 Å². The van der Waals surface area contributed by atoms with E-state index in [0.717, 1.165) is 11.5 Å². The third-order valence-corrected chi connectivity index (χ3v) is 5.32. The number of halogens is 3. The molecule has 0 nitrogen and oxygen atoms in total. The summed E-state index contributed by atoms with van der Waals surface area (Å²) in [6, 6.07) is 0. The molecule has 14 heavy (non-hydrogen) atoms. The number of hydrogen-bond donors (Lipinski definition) is 0. The molecule has 3 unspecified atom stereocenters. The number of alkyl halides is 3. The third kappa shape index (κ3) is 2.19. The molecule has 1 aliphatic heterocycles. The van der Waals surface area contributed by atoms with Gasteiger partial charge in [0.05, 0.1) is 0 Å². The van der Waals surface area contributed by atoms with E-state index in [9.17, 15) is 8.78 Å². The van der Waals surface area contributed by atoms with Gasteiger partial charge < -0.3 is 0 Å². The smallest absolute Gasteiger partial charge is 0.207 e. The summed E-state index contributed by atoms with van der Waals surface area (Å²) < 4.78 is 26.7. The Bertz CT molecular complexity index is 210. The average molecular weight is 241 g/mol. The van der Waals surface area contributed by atoms with Gasteiger partial charge in [0.1, 0.15) is 0 Å². The molecule has 0 aromatic rings. The van der Waals surface area contributed by atoms with E-state index in [1.165, 1.54) is 0 Å². The lowest BCUT2D eigenvalue weighted by molar-refractivity contribution is -0.0433.